The predicted octanol–water partition coefficient (Wildman–Crippen LogP) is 2.93. The van der Waals surface area contributed by atoms with Crippen molar-refractivity contribution in [2.24, 2.45) is 0 Å². The highest BCUT2D eigenvalue weighted by Crippen LogP contribution is 2.21. The van der Waals surface area contributed by atoms with E-state index in [0.717, 1.165) is 12.2 Å². The van der Waals surface area contributed by atoms with Crippen molar-refractivity contribution < 1.29 is 9.84 Å². The minimum Gasteiger partial charge on any atom is -0.457 e. The minimum absolute atomic E-state index is 0.0774. The number of nitrogens with zero attached hydrogens (tertiary/aromatic N) is 1. The quantitative estimate of drug-likeness (QED) is 0.876. The summed E-state index contributed by atoms with van der Waals surface area (Å²) in [5.74, 6) is 1.48. The van der Waals surface area contributed by atoms with Gasteiger partial charge in [-0.1, -0.05) is 19.1 Å². The van der Waals surface area contributed by atoms with Crippen molar-refractivity contribution in [1.82, 2.24) is 4.98 Å². The van der Waals surface area contributed by atoms with Gasteiger partial charge in [-0.25, -0.2) is 0 Å². The second-order valence-corrected chi connectivity index (χ2v) is 3.74. The number of rotatable bonds is 4. The first-order valence-corrected chi connectivity index (χ1v) is 5.64. The molecule has 3 heteroatoms. The molecule has 0 amide bonds. The molecule has 3 nitrogen and oxygen atoms in total. The van der Waals surface area contributed by atoms with E-state index in [0.29, 0.717) is 11.4 Å². The fraction of sp³-hybridized carbons (Fsp3) is 0.214. The first kappa shape index (κ1) is 11.6. The van der Waals surface area contributed by atoms with Crippen LogP contribution in [0.4, 0.5) is 0 Å². The number of aromatic nitrogens is 1. The van der Waals surface area contributed by atoms with Crippen LogP contribution in [-0.2, 0) is 13.0 Å². The van der Waals surface area contributed by atoms with Crippen molar-refractivity contribution in [3.05, 3.63) is 53.9 Å². The second kappa shape index (κ2) is 5.46. The standard InChI is InChI=1S/C14H15NO2/c1-2-11-3-5-13(6-4-11)17-14-7-8-15-12(9-14)10-16/h3-9,16H,2,10H2,1H3. The van der Waals surface area contributed by atoms with E-state index >= 15 is 0 Å². The molecule has 1 aromatic heterocycles. The van der Waals surface area contributed by atoms with Gasteiger partial charge in [-0.05, 0) is 30.2 Å². The van der Waals surface area contributed by atoms with E-state index in [4.69, 9.17) is 9.84 Å². The first-order chi connectivity index (χ1) is 8.31. The van der Waals surface area contributed by atoms with Crippen LogP contribution in [0.25, 0.3) is 0 Å². The Morgan fingerprint density at radius 1 is 1.12 bits per heavy atom. The summed E-state index contributed by atoms with van der Waals surface area (Å²) in [6, 6.07) is 11.5. The van der Waals surface area contributed by atoms with Crippen molar-refractivity contribution in [3.63, 3.8) is 0 Å². The lowest BCUT2D eigenvalue weighted by Crippen LogP contribution is -1.90. The molecule has 0 saturated carbocycles. The van der Waals surface area contributed by atoms with E-state index in [1.165, 1.54) is 5.56 Å². The molecular weight excluding hydrogens is 214 g/mol. The summed E-state index contributed by atoms with van der Waals surface area (Å²) in [5, 5.41) is 8.98. The van der Waals surface area contributed by atoms with E-state index in [2.05, 4.69) is 11.9 Å². The molecule has 2 aromatic rings. The van der Waals surface area contributed by atoms with Gasteiger partial charge in [-0.15, -0.1) is 0 Å². The van der Waals surface area contributed by atoms with Crippen molar-refractivity contribution in [3.8, 4) is 11.5 Å². The number of pyridine rings is 1. The fourth-order valence-corrected chi connectivity index (χ4v) is 1.54. The average molecular weight is 229 g/mol. The van der Waals surface area contributed by atoms with Crippen LogP contribution in [0, 0.1) is 0 Å². The number of benzene rings is 1. The molecule has 2 rings (SSSR count). The Morgan fingerprint density at radius 3 is 2.53 bits per heavy atom. The molecule has 0 saturated heterocycles. The number of aliphatic hydroxyl groups is 1. The Labute approximate surface area is 101 Å². The number of aryl methyl sites for hydroxylation is 1. The van der Waals surface area contributed by atoms with Crippen LogP contribution in [0.1, 0.15) is 18.2 Å². The Kier molecular flexibility index (Phi) is 3.73. The number of ether oxygens (including phenoxy) is 1. The van der Waals surface area contributed by atoms with Gasteiger partial charge in [0.25, 0.3) is 0 Å². The third-order valence-corrected chi connectivity index (χ3v) is 2.52. The molecule has 1 heterocycles. The minimum atomic E-state index is -0.0774. The van der Waals surface area contributed by atoms with Crippen LogP contribution in [0.5, 0.6) is 11.5 Å². The van der Waals surface area contributed by atoms with Gasteiger partial charge in [-0.2, -0.15) is 0 Å². The van der Waals surface area contributed by atoms with E-state index in [-0.39, 0.29) is 6.61 Å². The summed E-state index contributed by atoms with van der Waals surface area (Å²) in [5.41, 5.74) is 1.89. The summed E-state index contributed by atoms with van der Waals surface area (Å²) in [6.07, 6.45) is 2.64. The molecule has 0 aliphatic carbocycles. The second-order valence-electron chi connectivity index (χ2n) is 3.74. The summed E-state index contributed by atoms with van der Waals surface area (Å²) in [4.78, 5) is 4.00. The number of aliphatic hydroxyl groups excluding tert-OH is 1. The highest BCUT2D eigenvalue weighted by molar-refractivity contribution is 5.33. The Hall–Kier alpha value is -1.87. The summed E-state index contributed by atoms with van der Waals surface area (Å²) in [6.45, 7) is 2.04. The van der Waals surface area contributed by atoms with E-state index < -0.39 is 0 Å². The monoisotopic (exact) mass is 229 g/mol. The lowest BCUT2D eigenvalue weighted by molar-refractivity contribution is 0.276. The summed E-state index contributed by atoms with van der Waals surface area (Å²) < 4.78 is 5.67. The van der Waals surface area contributed by atoms with Crippen LogP contribution >= 0.6 is 0 Å². The number of hydrogen-bond acceptors (Lipinski definition) is 3. The van der Waals surface area contributed by atoms with Gasteiger partial charge in [-0.3, -0.25) is 4.98 Å². The van der Waals surface area contributed by atoms with Crippen LogP contribution in [0.15, 0.2) is 42.6 Å². The molecule has 1 N–H and O–H groups in total. The molecule has 88 valence electrons. The van der Waals surface area contributed by atoms with Crippen molar-refractivity contribution in [1.29, 1.82) is 0 Å². The van der Waals surface area contributed by atoms with Crippen molar-refractivity contribution in [2.75, 3.05) is 0 Å². The zero-order valence-corrected chi connectivity index (χ0v) is 9.76. The third-order valence-electron chi connectivity index (χ3n) is 2.52. The smallest absolute Gasteiger partial charge is 0.130 e. The molecule has 1 aromatic carbocycles. The molecule has 0 atom stereocenters. The van der Waals surface area contributed by atoms with Crippen molar-refractivity contribution in [2.45, 2.75) is 20.0 Å². The average Bonchev–Trinajstić information content (AvgIpc) is 2.40. The molecule has 0 aliphatic heterocycles. The Balaban J connectivity index is 2.13. The topological polar surface area (TPSA) is 42.4 Å². The highest BCUT2D eigenvalue weighted by Gasteiger charge is 1.99. The number of hydrogen-bond donors (Lipinski definition) is 1. The molecule has 17 heavy (non-hydrogen) atoms. The van der Waals surface area contributed by atoms with Crippen LogP contribution in [0.2, 0.25) is 0 Å². The fourth-order valence-electron chi connectivity index (χ4n) is 1.54. The van der Waals surface area contributed by atoms with Gasteiger partial charge in [0.1, 0.15) is 11.5 Å². The predicted molar refractivity (Wildman–Crippen MR) is 66.1 cm³/mol. The zero-order chi connectivity index (χ0) is 12.1. The first-order valence-electron chi connectivity index (χ1n) is 5.64. The molecule has 0 radical (unpaired) electrons. The lowest BCUT2D eigenvalue weighted by atomic mass is 10.2. The molecular formula is C14H15NO2. The van der Waals surface area contributed by atoms with Gasteiger partial charge in [0, 0.05) is 12.3 Å². The SMILES string of the molecule is CCc1ccc(Oc2ccnc(CO)c2)cc1. The van der Waals surface area contributed by atoms with Gasteiger partial charge in [0.2, 0.25) is 0 Å². The van der Waals surface area contributed by atoms with Crippen LogP contribution in [-0.4, -0.2) is 10.1 Å². The van der Waals surface area contributed by atoms with Gasteiger partial charge < -0.3 is 9.84 Å². The molecule has 0 fully saturated rings. The highest BCUT2D eigenvalue weighted by atomic mass is 16.5. The third kappa shape index (κ3) is 3.04. The molecule has 0 spiro atoms. The van der Waals surface area contributed by atoms with Gasteiger partial charge in [0.05, 0.1) is 12.3 Å². The van der Waals surface area contributed by atoms with Gasteiger partial charge in [0.15, 0.2) is 0 Å². The molecule has 0 aliphatic rings. The van der Waals surface area contributed by atoms with Crippen LogP contribution < -0.4 is 4.74 Å². The Bertz CT molecular complexity index is 480. The maximum Gasteiger partial charge on any atom is 0.130 e. The zero-order valence-electron chi connectivity index (χ0n) is 9.76. The largest absolute Gasteiger partial charge is 0.457 e. The summed E-state index contributed by atoms with van der Waals surface area (Å²) >= 11 is 0. The normalized spacial score (nSPS) is 10.2. The summed E-state index contributed by atoms with van der Waals surface area (Å²) in [7, 11) is 0. The maximum absolute atomic E-state index is 8.98. The van der Waals surface area contributed by atoms with E-state index in [1.807, 2.05) is 24.3 Å². The maximum atomic E-state index is 8.98. The van der Waals surface area contributed by atoms with Gasteiger partial charge >= 0.3 is 0 Å². The van der Waals surface area contributed by atoms with Crippen LogP contribution in [0.3, 0.4) is 0 Å². The Morgan fingerprint density at radius 2 is 1.88 bits per heavy atom. The molecule has 0 bridgehead atoms. The van der Waals surface area contributed by atoms with Crippen molar-refractivity contribution >= 4 is 0 Å². The molecule has 0 unspecified atom stereocenters. The van der Waals surface area contributed by atoms with E-state index in [9.17, 15) is 0 Å². The lowest BCUT2D eigenvalue weighted by Gasteiger charge is -2.06. The van der Waals surface area contributed by atoms with E-state index in [1.54, 1.807) is 18.3 Å².